The third kappa shape index (κ3) is 5.51. The molecule has 1 aliphatic carbocycles. The van der Waals surface area contributed by atoms with Crippen LogP contribution in [-0.2, 0) is 35.6 Å². The number of ether oxygens (including phenoxy) is 1. The van der Waals surface area contributed by atoms with Crippen LogP contribution in [0.5, 0.6) is 0 Å². The van der Waals surface area contributed by atoms with Gasteiger partial charge in [-0.1, -0.05) is 37.6 Å². The van der Waals surface area contributed by atoms with E-state index in [1.54, 1.807) is 18.2 Å². The fourth-order valence-electron chi connectivity index (χ4n) is 5.66. The van der Waals surface area contributed by atoms with Crippen LogP contribution in [0, 0.1) is 5.92 Å². The molecule has 2 heterocycles. The van der Waals surface area contributed by atoms with Crippen molar-refractivity contribution in [1.82, 2.24) is 10.2 Å². The maximum Gasteiger partial charge on any atom is 0.405 e. The summed E-state index contributed by atoms with van der Waals surface area (Å²) < 4.78 is 35.2. The lowest BCUT2D eigenvalue weighted by molar-refractivity contribution is -0.157. The molecule has 4 rings (SSSR count). The molecule has 0 radical (unpaired) electrons. The van der Waals surface area contributed by atoms with Gasteiger partial charge < -0.3 is 26.4 Å². The molecule has 1 aromatic rings. The topological polar surface area (TPSA) is 191 Å². The maximum absolute atomic E-state index is 13.9. The number of nitrogens with one attached hydrogen (secondary N) is 2. The van der Waals surface area contributed by atoms with Crippen molar-refractivity contribution in [1.29, 1.82) is 0 Å². The van der Waals surface area contributed by atoms with Gasteiger partial charge in [-0.2, -0.15) is 0 Å². The third-order valence-electron chi connectivity index (χ3n) is 8.05. The highest BCUT2D eigenvalue weighted by molar-refractivity contribution is 7.94. The van der Waals surface area contributed by atoms with Crippen LogP contribution >= 0.6 is 0 Å². The lowest BCUT2D eigenvalue weighted by Gasteiger charge is -2.37. The quantitative estimate of drug-likeness (QED) is 0.293. The van der Waals surface area contributed by atoms with Crippen molar-refractivity contribution in [2.24, 2.45) is 17.4 Å². The molecule has 218 valence electrons. The predicted molar refractivity (Wildman–Crippen MR) is 147 cm³/mol. The largest absolute Gasteiger partial charge is 0.436 e. The molecule has 2 fully saturated rings. The Morgan fingerprint density at radius 3 is 2.50 bits per heavy atom. The van der Waals surface area contributed by atoms with Gasteiger partial charge in [0.25, 0.3) is 27.7 Å². The number of primary amides is 2. The van der Waals surface area contributed by atoms with Gasteiger partial charge in [0.05, 0.1) is 0 Å². The van der Waals surface area contributed by atoms with E-state index < -0.39 is 56.3 Å². The Hall–Kier alpha value is -3.61. The van der Waals surface area contributed by atoms with Gasteiger partial charge in [0.1, 0.15) is 0 Å². The SMILES string of the molecule is CCc1ccc(NS(=O)(=O)C23CC2/C=C\CCCCCC(OC(N)=O)C(=O)N2CCCC2(C(N)=O)C(=O)N3)cc1. The molecule has 6 N–H and O–H groups in total. The summed E-state index contributed by atoms with van der Waals surface area (Å²) in [7, 11) is -4.22. The second-order valence-electron chi connectivity index (χ2n) is 10.6. The van der Waals surface area contributed by atoms with Crippen LogP contribution in [0.2, 0.25) is 0 Å². The number of carbonyl (C=O) groups excluding carboxylic acids is 4. The number of anilines is 1. The van der Waals surface area contributed by atoms with Gasteiger partial charge in [-0.25, -0.2) is 13.2 Å². The molecule has 0 spiro atoms. The fourth-order valence-corrected chi connectivity index (χ4v) is 7.39. The molecular formula is C27H37N5O7S. The number of hydrogen-bond donors (Lipinski definition) is 4. The summed E-state index contributed by atoms with van der Waals surface area (Å²) in [6.07, 6.45) is 5.00. The standard InChI is InChI=1S/C27H37N5O7S/c1-2-18-11-13-20(14-12-18)31-40(37,38)27-17-19(27)9-6-4-3-5-7-10-21(39-25(29)36)22(33)32-16-8-15-26(32,23(28)34)24(35)30-27/h6,9,11-14,19,21,31H,2-5,7-8,10,15-17H2,1H3,(H2,28,34)(H2,29,36)(H,30,35)/b9-6-. The van der Waals surface area contributed by atoms with Gasteiger partial charge >= 0.3 is 6.09 Å². The Labute approximate surface area is 233 Å². The van der Waals surface area contributed by atoms with Crippen molar-refractivity contribution in [2.75, 3.05) is 11.3 Å². The number of carbonyl (C=O) groups is 4. The summed E-state index contributed by atoms with van der Waals surface area (Å²) in [5.74, 6) is -3.41. The number of allylic oxidation sites excluding steroid dienone is 1. The first-order valence-electron chi connectivity index (χ1n) is 13.6. The molecule has 12 nitrogen and oxygen atoms in total. The van der Waals surface area contributed by atoms with Gasteiger partial charge in [-0.15, -0.1) is 0 Å². The van der Waals surface area contributed by atoms with Crippen molar-refractivity contribution in [3.8, 4) is 0 Å². The minimum atomic E-state index is -4.22. The number of rotatable bonds is 6. The summed E-state index contributed by atoms with van der Waals surface area (Å²) in [5.41, 5.74) is 10.2. The minimum absolute atomic E-state index is 0.00107. The zero-order valence-corrected chi connectivity index (χ0v) is 23.4. The molecular weight excluding hydrogens is 538 g/mol. The molecule has 13 heteroatoms. The summed E-state index contributed by atoms with van der Waals surface area (Å²) in [6, 6.07) is 6.92. The number of fused-ring (bicyclic) bond motifs is 2. The smallest absolute Gasteiger partial charge is 0.405 e. The number of hydrogen-bond acceptors (Lipinski definition) is 7. The predicted octanol–water partition coefficient (Wildman–Crippen LogP) is 1.65. The van der Waals surface area contributed by atoms with Crippen LogP contribution < -0.4 is 21.5 Å². The van der Waals surface area contributed by atoms with Crippen molar-refractivity contribution >= 4 is 39.5 Å². The zero-order chi connectivity index (χ0) is 29.1. The summed E-state index contributed by atoms with van der Waals surface area (Å²) >= 11 is 0. The Balaban J connectivity index is 1.72. The molecule has 2 aliphatic heterocycles. The highest BCUT2D eigenvalue weighted by Crippen LogP contribution is 2.50. The first-order valence-corrected chi connectivity index (χ1v) is 15.1. The van der Waals surface area contributed by atoms with E-state index in [1.165, 1.54) is 0 Å². The summed E-state index contributed by atoms with van der Waals surface area (Å²) in [4.78, 5) is 51.3. The van der Waals surface area contributed by atoms with Gasteiger partial charge in [-0.05, 0) is 69.1 Å². The molecule has 40 heavy (non-hydrogen) atoms. The van der Waals surface area contributed by atoms with E-state index >= 15 is 0 Å². The zero-order valence-electron chi connectivity index (χ0n) is 22.6. The van der Waals surface area contributed by atoms with Crippen molar-refractivity contribution in [3.63, 3.8) is 0 Å². The van der Waals surface area contributed by atoms with E-state index in [2.05, 4.69) is 10.0 Å². The monoisotopic (exact) mass is 575 g/mol. The molecule has 1 saturated carbocycles. The highest BCUT2D eigenvalue weighted by atomic mass is 32.2. The molecule has 3 aliphatic rings. The van der Waals surface area contributed by atoms with Crippen LogP contribution in [0.1, 0.15) is 63.9 Å². The molecule has 0 bridgehead atoms. The van der Waals surface area contributed by atoms with E-state index in [4.69, 9.17) is 16.2 Å². The average Bonchev–Trinajstić information content (AvgIpc) is 3.41. The van der Waals surface area contributed by atoms with E-state index in [-0.39, 0.29) is 32.2 Å². The third-order valence-corrected chi connectivity index (χ3v) is 10.1. The normalized spacial score (nSPS) is 30.1. The summed E-state index contributed by atoms with van der Waals surface area (Å²) in [6.45, 7) is 1.98. The first kappa shape index (κ1) is 29.4. The van der Waals surface area contributed by atoms with Gasteiger partial charge in [0, 0.05) is 18.2 Å². The van der Waals surface area contributed by atoms with Gasteiger partial charge in [0.15, 0.2) is 11.0 Å². The molecule has 4 unspecified atom stereocenters. The second-order valence-corrected chi connectivity index (χ2v) is 12.6. The number of sulfonamides is 1. The van der Waals surface area contributed by atoms with Gasteiger partial charge in [0.2, 0.25) is 5.54 Å². The molecule has 1 saturated heterocycles. The van der Waals surface area contributed by atoms with E-state index in [0.29, 0.717) is 24.9 Å². The fraction of sp³-hybridized carbons (Fsp3) is 0.556. The second kappa shape index (κ2) is 11.5. The Kier molecular flexibility index (Phi) is 8.43. The number of aryl methyl sites for hydroxylation is 1. The lowest BCUT2D eigenvalue weighted by Crippen LogP contribution is -2.68. The van der Waals surface area contributed by atoms with Crippen LogP contribution in [0.25, 0.3) is 0 Å². The minimum Gasteiger partial charge on any atom is -0.436 e. The number of nitrogens with zero attached hydrogens (tertiary/aromatic N) is 1. The molecule has 0 aromatic heterocycles. The highest BCUT2D eigenvalue weighted by Gasteiger charge is 2.67. The molecule has 4 atom stereocenters. The van der Waals surface area contributed by atoms with Crippen molar-refractivity contribution in [2.45, 2.75) is 81.2 Å². The Morgan fingerprint density at radius 1 is 1.12 bits per heavy atom. The van der Waals surface area contributed by atoms with Crippen LogP contribution in [0.3, 0.4) is 0 Å². The molecule has 4 amide bonds. The Morgan fingerprint density at radius 2 is 1.85 bits per heavy atom. The average molecular weight is 576 g/mol. The Bertz CT molecular complexity index is 1300. The van der Waals surface area contributed by atoms with Gasteiger partial charge in [-0.3, -0.25) is 19.1 Å². The number of benzene rings is 1. The first-order chi connectivity index (χ1) is 19.0. The number of nitrogens with two attached hydrogens (primary N) is 2. The number of amides is 4. The summed E-state index contributed by atoms with van der Waals surface area (Å²) in [5, 5.41) is 2.62. The van der Waals surface area contributed by atoms with Crippen LogP contribution in [-0.4, -0.2) is 60.2 Å². The van der Waals surface area contributed by atoms with E-state index in [1.807, 2.05) is 25.1 Å². The van der Waals surface area contributed by atoms with Crippen LogP contribution in [0.4, 0.5) is 10.5 Å². The van der Waals surface area contributed by atoms with E-state index in [9.17, 15) is 27.6 Å². The van der Waals surface area contributed by atoms with E-state index in [0.717, 1.165) is 23.3 Å². The van der Waals surface area contributed by atoms with Crippen molar-refractivity contribution in [3.05, 3.63) is 42.0 Å². The lowest BCUT2D eigenvalue weighted by atomic mass is 9.92. The maximum atomic E-state index is 13.9. The van der Waals surface area contributed by atoms with Crippen LogP contribution in [0.15, 0.2) is 36.4 Å². The molecule has 1 aromatic carbocycles. The van der Waals surface area contributed by atoms with Crippen molar-refractivity contribution < 1.29 is 32.3 Å².